The second kappa shape index (κ2) is 6.59. The second-order valence-corrected chi connectivity index (χ2v) is 12.0. The van der Waals surface area contributed by atoms with E-state index >= 15 is 0 Å². The molecule has 3 nitrogen and oxygen atoms in total. The van der Waals surface area contributed by atoms with Crippen LogP contribution in [0.3, 0.4) is 0 Å². The molecule has 1 aliphatic heterocycles. The number of nitrogens with one attached hydrogen (secondary N) is 1. The van der Waals surface area contributed by atoms with Crippen molar-refractivity contribution in [1.82, 2.24) is 10.2 Å². The number of thiophene rings is 1. The molecular formula is C21H29BrN2OS. The van der Waals surface area contributed by atoms with Gasteiger partial charge in [0.1, 0.15) is 0 Å². The molecule has 3 atom stereocenters. The lowest BCUT2D eigenvalue weighted by molar-refractivity contribution is -0.144. The average Bonchev–Trinajstić information content (AvgIpc) is 3.26. The average molecular weight is 437 g/mol. The molecule has 26 heavy (non-hydrogen) atoms. The van der Waals surface area contributed by atoms with Gasteiger partial charge < -0.3 is 5.32 Å². The Morgan fingerprint density at radius 1 is 1.27 bits per heavy atom. The highest BCUT2D eigenvalue weighted by molar-refractivity contribution is 9.10. The first-order valence-corrected chi connectivity index (χ1v) is 12.0. The van der Waals surface area contributed by atoms with Gasteiger partial charge in [-0.2, -0.15) is 0 Å². The number of nitrogens with zero attached hydrogens (tertiary/aromatic N) is 1. The van der Waals surface area contributed by atoms with Gasteiger partial charge in [-0.3, -0.25) is 9.69 Å². The van der Waals surface area contributed by atoms with Gasteiger partial charge in [-0.25, -0.2) is 0 Å². The smallest absolute Gasteiger partial charge is 0.226 e. The fourth-order valence-electron chi connectivity index (χ4n) is 6.74. The van der Waals surface area contributed by atoms with Crippen LogP contribution in [0, 0.1) is 17.3 Å². The SMILES string of the molecule is O=C(NCC(c1cccs1)N1CCCC1)C12CC3CC(CC(Br)(C3)C1)C2. The maximum atomic E-state index is 13.4. The summed E-state index contributed by atoms with van der Waals surface area (Å²) in [6.07, 6.45) is 9.78. The van der Waals surface area contributed by atoms with Gasteiger partial charge in [-0.1, -0.05) is 22.0 Å². The molecule has 0 radical (unpaired) electrons. The van der Waals surface area contributed by atoms with Crippen molar-refractivity contribution in [3.63, 3.8) is 0 Å². The molecule has 1 N–H and O–H groups in total. The quantitative estimate of drug-likeness (QED) is 0.676. The first-order chi connectivity index (χ1) is 12.6. The third kappa shape index (κ3) is 3.08. The van der Waals surface area contributed by atoms with Gasteiger partial charge in [0.05, 0.1) is 11.5 Å². The van der Waals surface area contributed by atoms with Crippen molar-refractivity contribution in [2.45, 2.75) is 61.7 Å². The highest BCUT2D eigenvalue weighted by Gasteiger charge is 2.59. The van der Waals surface area contributed by atoms with E-state index in [-0.39, 0.29) is 9.74 Å². The van der Waals surface area contributed by atoms with Crippen LogP contribution in [0.2, 0.25) is 0 Å². The predicted molar refractivity (Wildman–Crippen MR) is 110 cm³/mol. The van der Waals surface area contributed by atoms with Crippen LogP contribution >= 0.6 is 27.3 Å². The minimum Gasteiger partial charge on any atom is -0.354 e. The van der Waals surface area contributed by atoms with Crippen molar-refractivity contribution in [1.29, 1.82) is 0 Å². The van der Waals surface area contributed by atoms with Gasteiger partial charge in [0.2, 0.25) is 5.91 Å². The maximum Gasteiger partial charge on any atom is 0.226 e. The van der Waals surface area contributed by atoms with Crippen LogP contribution in [0.1, 0.15) is 62.3 Å². The summed E-state index contributed by atoms with van der Waals surface area (Å²) in [6.45, 7) is 3.10. The van der Waals surface area contributed by atoms with Gasteiger partial charge in [-0.05, 0) is 87.7 Å². The van der Waals surface area contributed by atoms with Crippen LogP contribution in [-0.2, 0) is 4.79 Å². The molecular weight excluding hydrogens is 408 g/mol. The summed E-state index contributed by atoms with van der Waals surface area (Å²) in [6, 6.07) is 4.73. The van der Waals surface area contributed by atoms with Crippen LogP contribution in [0.4, 0.5) is 0 Å². The van der Waals surface area contributed by atoms with Gasteiger partial charge in [0.25, 0.3) is 0 Å². The molecule has 142 valence electrons. The molecule has 5 heteroatoms. The standard InChI is InChI=1S/C21H29BrN2OS/c22-21-11-15-8-16(12-21)10-20(9-15,14-21)19(25)23-13-17(18-4-3-7-26-18)24-5-1-2-6-24/h3-4,7,15-17H,1-2,5-6,8-14H2,(H,23,25). The molecule has 6 rings (SSSR count). The van der Waals surface area contributed by atoms with Gasteiger partial charge >= 0.3 is 0 Å². The third-order valence-electron chi connectivity index (χ3n) is 7.38. The number of likely N-dealkylation sites (tertiary alicyclic amines) is 1. The van der Waals surface area contributed by atoms with E-state index in [2.05, 4.69) is 43.7 Å². The monoisotopic (exact) mass is 436 g/mol. The Bertz CT molecular complexity index is 656. The lowest BCUT2D eigenvalue weighted by Gasteiger charge is -2.59. The van der Waals surface area contributed by atoms with E-state index in [1.54, 1.807) is 0 Å². The second-order valence-electron chi connectivity index (χ2n) is 9.38. The molecule has 1 amide bonds. The minimum atomic E-state index is -0.0986. The number of hydrogen-bond acceptors (Lipinski definition) is 3. The molecule has 3 unspecified atom stereocenters. The van der Waals surface area contributed by atoms with Gasteiger partial charge in [-0.15, -0.1) is 11.3 Å². The molecule has 0 spiro atoms. The molecule has 1 aromatic rings. The normalized spacial score (nSPS) is 40.0. The maximum absolute atomic E-state index is 13.4. The molecule has 5 aliphatic rings. The Hall–Kier alpha value is -0.390. The van der Waals surface area contributed by atoms with E-state index in [0.29, 0.717) is 11.9 Å². The summed E-state index contributed by atoms with van der Waals surface area (Å²) in [4.78, 5) is 17.3. The number of carbonyl (C=O) groups excluding carboxylic acids is 1. The molecule has 0 aromatic carbocycles. The number of halogens is 1. The molecule has 2 heterocycles. The molecule has 4 aliphatic carbocycles. The van der Waals surface area contributed by atoms with Crippen LogP contribution in [0.5, 0.6) is 0 Å². The van der Waals surface area contributed by atoms with Crippen LogP contribution < -0.4 is 5.32 Å². The zero-order valence-corrected chi connectivity index (χ0v) is 17.8. The van der Waals surface area contributed by atoms with Crippen LogP contribution in [0.15, 0.2) is 17.5 Å². The Morgan fingerprint density at radius 3 is 2.62 bits per heavy atom. The van der Waals surface area contributed by atoms with E-state index < -0.39 is 0 Å². The highest BCUT2D eigenvalue weighted by Crippen LogP contribution is 2.64. The van der Waals surface area contributed by atoms with E-state index in [0.717, 1.165) is 50.7 Å². The Morgan fingerprint density at radius 2 is 2.00 bits per heavy atom. The van der Waals surface area contributed by atoms with Crippen molar-refractivity contribution < 1.29 is 4.79 Å². The Labute approximate surface area is 169 Å². The van der Waals surface area contributed by atoms with E-state index in [1.807, 2.05) is 11.3 Å². The number of hydrogen-bond donors (Lipinski definition) is 1. The zero-order valence-electron chi connectivity index (χ0n) is 15.4. The highest BCUT2D eigenvalue weighted by atomic mass is 79.9. The van der Waals surface area contributed by atoms with Crippen LogP contribution in [-0.4, -0.2) is 34.8 Å². The number of carbonyl (C=O) groups is 1. The summed E-state index contributed by atoms with van der Waals surface area (Å²) in [5.74, 6) is 1.86. The zero-order chi connectivity index (χ0) is 17.8. The van der Waals surface area contributed by atoms with Gasteiger partial charge in [0.15, 0.2) is 0 Å². The predicted octanol–water partition coefficient (Wildman–Crippen LogP) is 4.74. The molecule has 5 fully saturated rings. The summed E-state index contributed by atoms with van der Waals surface area (Å²) in [7, 11) is 0. The largest absolute Gasteiger partial charge is 0.354 e. The number of alkyl halides is 1. The Balaban J connectivity index is 1.30. The first kappa shape index (κ1) is 17.7. The van der Waals surface area contributed by atoms with Gasteiger partial charge in [0, 0.05) is 15.7 Å². The topological polar surface area (TPSA) is 32.3 Å². The van der Waals surface area contributed by atoms with Crippen molar-refractivity contribution in [2.24, 2.45) is 17.3 Å². The van der Waals surface area contributed by atoms with E-state index in [1.165, 1.54) is 37.0 Å². The van der Waals surface area contributed by atoms with Crippen molar-refractivity contribution >= 4 is 33.2 Å². The lowest BCUT2D eigenvalue weighted by Crippen LogP contribution is -2.58. The fourth-order valence-corrected chi connectivity index (χ4v) is 9.05. The third-order valence-corrected chi connectivity index (χ3v) is 9.28. The summed E-state index contributed by atoms with van der Waals surface area (Å²) >= 11 is 5.87. The lowest BCUT2D eigenvalue weighted by atomic mass is 9.49. The fraction of sp³-hybridized carbons (Fsp3) is 0.762. The minimum absolute atomic E-state index is 0.0986. The van der Waals surface area contributed by atoms with Crippen molar-refractivity contribution in [3.05, 3.63) is 22.4 Å². The Kier molecular flexibility index (Phi) is 4.49. The number of amides is 1. The van der Waals surface area contributed by atoms with E-state index in [9.17, 15) is 4.79 Å². The summed E-state index contributed by atoms with van der Waals surface area (Å²) in [5.41, 5.74) is -0.0986. The summed E-state index contributed by atoms with van der Waals surface area (Å²) in [5, 5.41) is 5.59. The van der Waals surface area contributed by atoms with Crippen molar-refractivity contribution in [2.75, 3.05) is 19.6 Å². The molecule has 1 aromatic heterocycles. The molecule has 4 saturated carbocycles. The number of rotatable bonds is 5. The molecule has 1 saturated heterocycles. The van der Waals surface area contributed by atoms with Crippen molar-refractivity contribution in [3.8, 4) is 0 Å². The van der Waals surface area contributed by atoms with E-state index in [4.69, 9.17) is 0 Å². The molecule has 4 bridgehead atoms. The summed E-state index contributed by atoms with van der Waals surface area (Å²) < 4.78 is 0.247. The van der Waals surface area contributed by atoms with Crippen LogP contribution in [0.25, 0.3) is 0 Å². The first-order valence-electron chi connectivity index (χ1n) is 10.3.